The molecule has 0 aliphatic carbocycles. The van der Waals surface area contributed by atoms with E-state index in [1.807, 2.05) is 23.1 Å². The van der Waals surface area contributed by atoms with Crippen molar-refractivity contribution in [1.29, 1.82) is 0 Å². The fourth-order valence-corrected chi connectivity index (χ4v) is 4.15. The third-order valence-electron chi connectivity index (χ3n) is 5.66. The van der Waals surface area contributed by atoms with Crippen LogP contribution in [0.4, 0.5) is 0 Å². The summed E-state index contributed by atoms with van der Waals surface area (Å²) in [5, 5.41) is 18.3. The Labute approximate surface area is 162 Å². The van der Waals surface area contributed by atoms with Gasteiger partial charge in [-0.3, -0.25) is 4.90 Å². The van der Waals surface area contributed by atoms with Crippen LogP contribution in [0.3, 0.4) is 0 Å². The predicted molar refractivity (Wildman–Crippen MR) is 104 cm³/mol. The van der Waals surface area contributed by atoms with Gasteiger partial charge in [0, 0.05) is 24.6 Å². The normalized spacial score (nSPS) is 28.5. The van der Waals surface area contributed by atoms with E-state index in [1.165, 1.54) is 0 Å². The van der Waals surface area contributed by atoms with E-state index in [4.69, 9.17) is 19.7 Å². The number of rotatable bonds is 5. The summed E-state index contributed by atoms with van der Waals surface area (Å²) in [4.78, 5) is 1.94. The lowest BCUT2D eigenvalue weighted by Crippen LogP contribution is -2.50. The molecule has 1 aromatic carbocycles. The maximum atomic E-state index is 9.13. The van der Waals surface area contributed by atoms with Crippen LogP contribution in [0, 0.1) is 17.8 Å². The maximum absolute atomic E-state index is 9.13. The molecule has 5 heteroatoms. The van der Waals surface area contributed by atoms with E-state index in [-0.39, 0.29) is 24.9 Å². The Bertz CT molecular complexity index is 702. The monoisotopic (exact) mass is 373 g/mol. The molecule has 1 fully saturated rings. The number of aliphatic hydroxyl groups is 2. The first-order chi connectivity index (χ1) is 12.9. The molecule has 0 spiro atoms. The second-order valence-corrected chi connectivity index (χ2v) is 8.18. The van der Waals surface area contributed by atoms with E-state index < -0.39 is 5.60 Å². The van der Waals surface area contributed by atoms with Crippen molar-refractivity contribution < 1.29 is 19.7 Å². The predicted octanol–water partition coefficient (Wildman–Crippen LogP) is 2.37. The first-order valence-electron chi connectivity index (χ1n) is 9.78. The number of nitrogens with zero attached hydrogens (tertiary/aromatic N) is 1. The quantitative estimate of drug-likeness (QED) is 0.776. The number of hydrogen-bond acceptors (Lipinski definition) is 5. The van der Waals surface area contributed by atoms with Crippen molar-refractivity contribution in [2.45, 2.75) is 50.9 Å². The van der Waals surface area contributed by atoms with Gasteiger partial charge in [-0.2, -0.15) is 0 Å². The standard InChI is InChI=1S/C22H31NO4/c1-21(2)18-9-11-22(3,10-6-12-23(13-15-24)14-16-25)27-20(18)17-7-4-5-8-19(17)26-21/h4-5,7-8,18,20,24-25H,9,11-16H2,1-3H3/t18-,20+,22-/m0/s1. The van der Waals surface area contributed by atoms with Crippen LogP contribution in [0.1, 0.15) is 45.3 Å². The fourth-order valence-electron chi connectivity index (χ4n) is 4.15. The maximum Gasteiger partial charge on any atom is 0.126 e. The molecule has 27 heavy (non-hydrogen) atoms. The van der Waals surface area contributed by atoms with Gasteiger partial charge in [0.05, 0.1) is 25.9 Å². The van der Waals surface area contributed by atoms with E-state index in [0.717, 1.165) is 24.2 Å². The molecule has 0 amide bonds. The molecule has 0 radical (unpaired) electrons. The molecule has 5 nitrogen and oxygen atoms in total. The average Bonchev–Trinajstić information content (AvgIpc) is 2.61. The van der Waals surface area contributed by atoms with Gasteiger partial charge in [0.15, 0.2) is 0 Å². The van der Waals surface area contributed by atoms with Crippen molar-refractivity contribution in [2.24, 2.45) is 5.92 Å². The highest BCUT2D eigenvalue weighted by Crippen LogP contribution is 2.52. The van der Waals surface area contributed by atoms with Gasteiger partial charge in [-0.1, -0.05) is 30.0 Å². The largest absolute Gasteiger partial charge is 0.487 e. The molecule has 0 unspecified atom stereocenters. The zero-order chi connectivity index (χ0) is 19.5. The van der Waals surface area contributed by atoms with Gasteiger partial charge in [0.25, 0.3) is 0 Å². The van der Waals surface area contributed by atoms with E-state index in [9.17, 15) is 0 Å². The fraction of sp³-hybridized carbons (Fsp3) is 0.636. The molecule has 148 valence electrons. The summed E-state index contributed by atoms with van der Waals surface area (Å²) in [5.74, 6) is 7.72. The van der Waals surface area contributed by atoms with Gasteiger partial charge < -0.3 is 19.7 Å². The minimum absolute atomic E-state index is 0.0241. The Morgan fingerprint density at radius 3 is 2.56 bits per heavy atom. The molecule has 0 aromatic heterocycles. The summed E-state index contributed by atoms with van der Waals surface area (Å²) in [5.41, 5.74) is 0.329. The van der Waals surface area contributed by atoms with Crippen molar-refractivity contribution in [2.75, 3.05) is 32.8 Å². The molecule has 2 aliphatic rings. The molecule has 3 rings (SSSR count). The van der Waals surface area contributed by atoms with Gasteiger partial charge in [-0.15, -0.1) is 0 Å². The van der Waals surface area contributed by atoms with E-state index in [1.54, 1.807) is 0 Å². The third kappa shape index (κ3) is 4.47. The zero-order valence-corrected chi connectivity index (χ0v) is 16.6. The Morgan fingerprint density at radius 2 is 1.85 bits per heavy atom. The second-order valence-electron chi connectivity index (χ2n) is 8.18. The number of benzene rings is 1. The van der Waals surface area contributed by atoms with Crippen LogP contribution in [0.15, 0.2) is 24.3 Å². The SMILES string of the molecule is CC1(C)Oc2ccccc2[C@H]2O[C@@](C)(C#CCN(CCO)CCO)CC[C@@H]21. The highest BCUT2D eigenvalue weighted by molar-refractivity contribution is 5.39. The Kier molecular flexibility index (Phi) is 6.12. The van der Waals surface area contributed by atoms with E-state index >= 15 is 0 Å². The molecule has 2 N–H and O–H groups in total. The number of hydrogen-bond donors (Lipinski definition) is 2. The number of aliphatic hydroxyl groups excluding tert-OH is 2. The van der Waals surface area contributed by atoms with Crippen molar-refractivity contribution in [1.82, 2.24) is 4.90 Å². The molecule has 1 aromatic rings. The lowest BCUT2D eigenvalue weighted by Gasteiger charge is -2.50. The summed E-state index contributed by atoms with van der Waals surface area (Å²) in [6.45, 7) is 7.99. The van der Waals surface area contributed by atoms with Crippen molar-refractivity contribution in [3.05, 3.63) is 29.8 Å². The summed E-state index contributed by atoms with van der Waals surface area (Å²) in [6, 6.07) is 8.12. The van der Waals surface area contributed by atoms with Crippen LogP contribution in [0.2, 0.25) is 0 Å². The van der Waals surface area contributed by atoms with Gasteiger partial charge in [0.2, 0.25) is 0 Å². The average molecular weight is 373 g/mol. The Morgan fingerprint density at radius 1 is 1.15 bits per heavy atom. The van der Waals surface area contributed by atoms with E-state index in [2.05, 4.69) is 38.7 Å². The summed E-state index contributed by atoms with van der Waals surface area (Å²) >= 11 is 0. The lowest BCUT2D eigenvalue weighted by molar-refractivity contribution is -0.169. The molecule has 2 heterocycles. The highest BCUT2D eigenvalue weighted by atomic mass is 16.5. The highest BCUT2D eigenvalue weighted by Gasteiger charge is 2.49. The van der Waals surface area contributed by atoms with Crippen LogP contribution in [-0.4, -0.2) is 59.2 Å². The summed E-state index contributed by atoms with van der Waals surface area (Å²) in [7, 11) is 0. The number of fused-ring (bicyclic) bond motifs is 3. The van der Waals surface area contributed by atoms with Gasteiger partial charge in [0.1, 0.15) is 17.0 Å². The Hall–Kier alpha value is -1.58. The molecule has 2 aliphatic heterocycles. The Balaban J connectivity index is 1.77. The molecule has 0 bridgehead atoms. The minimum atomic E-state index is -0.508. The molecular formula is C22H31NO4. The number of ether oxygens (including phenoxy) is 2. The van der Waals surface area contributed by atoms with Crippen molar-refractivity contribution in [3.63, 3.8) is 0 Å². The van der Waals surface area contributed by atoms with Gasteiger partial charge >= 0.3 is 0 Å². The van der Waals surface area contributed by atoms with Crippen molar-refractivity contribution >= 4 is 0 Å². The van der Waals surface area contributed by atoms with Crippen LogP contribution in [0.5, 0.6) is 5.75 Å². The third-order valence-corrected chi connectivity index (χ3v) is 5.66. The molecule has 1 saturated heterocycles. The van der Waals surface area contributed by atoms with Crippen LogP contribution in [0.25, 0.3) is 0 Å². The molecular weight excluding hydrogens is 342 g/mol. The van der Waals surface area contributed by atoms with Crippen LogP contribution < -0.4 is 4.74 Å². The van der Waals surface area contributed by atoms with Gasteiger partial charge in [-0.05, 0) is 39.7 Å². The van der Waals surface area contributed by atoms with Crippen LogP contribution >= 0.6 is 0 Å². The van der Waals surface area contributed by atoms with E-state index in [0.29, 0.717) is 25.6 Å². The molecule has 0 saturated carbocycles. The topological polar surface area (TPSA) is 62.2 Å². The zero-order valence-electron chi connectivity index (χ0n) is 16.6. The van der Waals surface area contributed by atoms with Crippen molar-refractivity contribution in [3.8, 4) is 17.6 Å². The second kappa shape index (κ2) is 8.20. The molecule has 3 atom stereocenters. The van der Waals surface area contributed by atoms with Crippen LogP contribution in [-0.2, 0) is 4.74 Å². The minimum Gasteiger partial charge on any atom is -0.487 e. The number of para-hydroxylation sites is 1. The van der Waals surface area contributed by atoms with Gasteiger partial charge in [-0.25, -0.2) is 0 Å². The smallest absolute Gasteiger partial charge is 0.126 e. The first-order valence-corrected chi connectivity index (χ1v) is 9.78. The summed E-state index contributed by atoms with van der Waals surface area (Å²) < 4.78 is 12.8. The summed E-state index contributed by atoms with van der Waals surface area (Å²) in [6.07, 6.45) is 1.83. The lowest BCUT2D eigenvalue weighted by atomic mass is 9.73. The first kappa shape index (κ1) is 20.2.